The number of nitrogens with one attached hydrogen (secondary N) is 1. The van der Waals surface area contributed by atoms with E-state index in [1.165, 1.54) is 11.8 Å². The van der Waals surface area contributed by atoms with Crippen molar-refractivity contribution in [1.29, 1.82) is 0 Å². The summed E-state index contributed by atoms with van der Waals surface area (Å²) >= 11 is 1.42. The van der Waals surface area contributed by atoms with Gasteiger partial charge in [-0.2, -0.15) is 0 Å². The smallest absolute Gasteiger partial charge is 0.234 e. The Morgan fingerprint density at radius 1 is 1.13 bits per heavy atom. The molecule has 1 aromatic heterocycles. The number of carbonyl (C=O) groups is 1. The van der Waals surface area contributed by atoms with Crippen molar-refractivity contribution in [2.75, 3.05) is 24.3 Å². The summed E-state index contributed by atoms with van der Waals surface area (Å²) in [4.78, 5) is 12.4. The highest BCUT2D eigenvalue weighted by Crippen LogP contribution is 2.42. The van der Waals surface area contributed by atoms with Crippen molar-refractivity contribution < 1.29 is 14.3 Å². The topological polar surface area (TPSA) is 78.3 Å². The standard InChI is InChI=1S/C23H24N4O3S/c1-15-4-2-5-17(12-15)24-21(28)14-31-23-26-25-22(27(23)18-7-8-18)16-6-9-19-20(13-16)30-11-3-10-29-19/h2,4-6,9,12-13,18H,3,7-8,10-11,14H2,1H3,(H,24,28). The molecule has 1 N–H and O–H groups in total. The number of thioether (sulfide) groups is 1. The van der Waals surface area contributed by atoms with Crippen LogP contribution < -0.4 is 14.8 Å². The first-order valence-electron chi connectivity index (χ1n) is 10.5. The van der Waals surface area contributed by atoms with Gasteiger partial charge >= 0.3 is 0 Å². The molecule has 0 unspecified atom stereocenters. The van der Waals surface area contributed by atoms with Gasteiger partial charge in [-0.15, -0.1) is 10.2 Å². The van der Waals surface area contributed by atoms with Crippen molar-refractivity contribution in [3.63, 3.8) is 0 Å². The molecule has 0 bridgehead atoms. The van der Waals surface area contributed by atoms with E-state index < -0.39 is 0 Å². The molecule has 1 amide bonds. The summed E-state index contributed by atoms with van der Waals surface area (Å²) in [5.41, 5.74) is 2.86. The van der Waals surface area contributed by atoms with Crippen LogP contribution in [0.25, 0.3) is 11.4 Å². The van der Waals surface area contributed by atoms with Gasteiger partial charge in [-0.3, -0.25) is 9.36 Å². The Hall–Kier alpha value is -3.00. The molecule has 1 saturated carbocycles. The van der Waals surface area contributed by atoms with Crippen LogP contribution in [0.2, 0.25) is 0 Å². The molecule has 2 aromatic carbocycles. The number of benzene rings is 2. The monoisotopic (exact) mass is 436 g/mol. The zero-order chi connectivity index (χ0) is 21.2. The van der Waals surface area contributed by atoms with Gasteiger partial charge in [0.05, 0.1) is 19.0 Å². The van der Waals surface area contributed by atoms with Crippen LogP contribution in [0.15, 0.2) is 47.6 Å². The Balaban J connectivity index is 1.33. The largest absolute Gasteiger partial charge is 0.490 e. The van der Waals surface area contributed by atoms with E-state index in [4.69, 9.17) is 9.47 Å². The van der Waals surface area contributed by atoms with Crippen molar-refractivity contribution in [2.24, 2.45) is 0 Å². The molecule has 0 saturated heterocycles. The Bertz CT molecular complexity index is 1110. The molecule has 7 nitrogen and oxygen atoms in total. The minimum absolute atomic E-state index is 0.0573. The fourth-order valence-electron chi connectivity index (χ4n) is 3.59. The van der Waals surface area contributed by atoms with E-state index in [1.807, 2.05) is 49.4 Å². The summed E-state index contributed by atoms with van der Waals surface area (Å²) in [7, 11) is 0. The molecule has 1 aliphatic carbocycles. The van der Waals surface area contributed by atoms with Gasteiger partial charge in [0.1, 0.15) is 0 Å². The van der Waals surface area contributed by atoms with Crippen LogP contribution in [0.4, 0.5) is 5.69 Å². The Morgan fingerprint density at radius 2 is 1.97 bits per heavy atom. The number of hydrogen-bond donors (Lipinski definition) is 1. The zero-order valence-corrected chi connectivity index (χ0v) is 18.2. The van der Waals surface area contributed by atoms with Gasteiger partial charge < -0.3 is 14.8 Å². The summed E-state index contributed by atoms with van der Waals surface area (Å²) in [6, 6.07) is 14.1. The molecule has 31 heavy (non-hydrogen) atoms. The fraction of sp³-hybridized carbons (Fsp3) is 0.348. The number of amides is 1. The molecule has 1 fully saturated rings. The van der Waals surface area contributed by atoms with Gasteiger partial charge in [-0.25, -0.2) is 0 Å². The van der Waals surface area contributed by atoms with Crippen molar-refractivity contribution in [3.8, 4) is 22.9 Å². The summed E-state index contributed by atoms with van der Waals surface area (Å²) in [5, 5.41) is 12.6. The van der Waals surface area contributed by atoms with Crippen LogP contribution in [0.3, 0.4) is 0 Å². The normalized spacial score (nSPS) is 15.4. The van der Waals surface area contributed by atoms with Crippen molar-refractivity contribution in [3.05, 3.63) is 48.0 Å². The second kappa shape index (κ2) is 8.63. The SMILES string of the molecule is Cc1cccc(NC(=O)CSc2nnc(-c3ccc4c(c3)OCCCO4)n2C2CC2)c1. The van der Waals surface area contributed by atoms with Crippen molar-refractivity contribution >= 4 is 23.4 Å². The average Bonchev–Trinajstić information content (AvgIpc) is 3.55. The third-order valence-corrected chi connectivity index (χ3v) is 6.16. The molecule has 1 aliphatic heterocycles. The molecular formula is C23H24N4O3S. The summed E-state index contributed by atoms with van der Waals surface area (Å²) < 4.78 is 13.7. The Labute approximate surface area is 185 Å². The van der Waals surface area contributed by atoms with Crippen LogP contribution in [-0.4, -0.2) is 39.6 Å². The minimum atomic E-state index is -0.0573. The first-order chi connectivity index (χ1) is 15.2. The lowest BCUT2D eigenvalue weighted by Crippen LogP contribution is -2.14. The van der Waals surface area contributed by atoms with Gasteiger partial charge in [0.15, 0.2) is 22.5 Å². The number of aromatic nitrogens is 3. The predicted octanol–water partition coefficient (Wildman–Crippen LogP) is 4.48. The predicted molar refractivity (Wildman–Crippen MR) is 120 cm³/mol. The average molecular weight is 437 g/mol. The molecule has 3 aromatic rings. The molecule has 2 aliphatic rings. The van der Waals surface area contributed by atoms with Crippen molar-refractivity contribution in [1.82, 2.24) is 14.8 Å². The van der Waals surface area contributed by atoms with E-state index in [2.05, 4.69) is 20.1 Å². The second-order valence-corrected chi connectivity index (χ2v) is 8.77. The number of fused-ring (bicyclic) bond motifs is 1. The molecule has 0 atom stereocenters. The maximum absolute atomic E-state index is 12.4. The third kappa shape index (κ3) is 4.54. The minimum Gasteiger partial charge on any atom is -0.490 e. The van der Waals surface area contributed by atoms with Crippen LogP contribution in [0.1, 0.15) is 30.9 Å². The molecule has 5 rings (SSSR count). The number of hydrogen-bond acceptors (Lipinski definition) is 6. The highest BCUT2D eigenvalue weighted by atomic mass is 32.2. The van der Waals surface area contributed by atoms with E-state index in [0.29, 0.717) is 19.3 Å². The quantitative estimate of drug-likeness (QED) is 0.574. The van der Waals surface area contributed by atoms with Gasteiger partial charge in [0.2, 0.25) is 5.91 Å². The third-order valence-electron chi connectivity index (χ3n) is 5.22. The molecule has 160 valence electrons. The van der Waals surface area contributed by atoms with Crippen molar-refractivity contribution in [2.45, 2.75) is 37.4 Å². The molecular weight excluding hydrogens is 412 g/mol. The van der Waals surface area contributed by atoms with E-state index in [0.717, 1.165) is 58.6 Å². The second-order valence-electron chi connectivity index (χ2n) is 7.83. The fourth-order valence-corrected chi connectivity index (χ4v) is 4.39. The maximum atomic E-state index is 12.4. The van der Waals surface area contributed by atoms with Gasteiger partial charge in [-0.1, -0.05) is 23.9 Å². The van der Waals surface area contributed by atoms with Crippen LogP contribution in [-0.2, 0) is 4.79 Å². The first kappa shape index (κ1) is 19.9. The molecule has 2 heterocycles. The van der Waals surface area contributed by atoms with Crippen LogP contribution in [0, 0.1) is 6.92 Å². The van der Waals surface area contributed by atoms with E-state index in [-0.39, 0.29) is 11.7 Å². The first-order valence-corrected chi connectivity index (χ1v) is 11.5. The molecule has 0 spiro atoms. The lowest BCUT2D eigenvalue weighted by atomic mass is 10.2. The van der Waals surface area contributed by atoms with Gasteiger partial charge in [-0.05, 0) is 55.7 Å². The van der Waals surface area contributed by atoms with Crippen LogP contribution in [0.5, 0.6) is 11.5 Å². The molecule has 8 heteroatoms. The van der Waals surface area contributed by atoms with Crippen LogP contribution >= 0.6 is 11.8 Å². The summed E-state index contributed by atoms with van der Waals surface area (Å²) in [6.07, 6.45) is 3.06. The number of carbonyl (C=O) groups excluding carboxylic acids is 1. The van der Waals surface area contributed by atoms with Gasteiger partial charge in [0.25, 0.3) is 0 Å². The number of aryl methyl sites for hydroxylation is 1. The highest BCUT2D eigenvalue weighted by Gasteiger charge is 2.30. The van der Waals surface area contributed by atoms with Gasteiger partial charge in [0, 0.05) is 23.7 Å². The number of ether oxygens (including phenoxy) is 2. The molecule has 0 radical (unpaired) electrons. The lowest BCUT2D eigenvalue weighted by Gasteiger charge is -2.11. The number of rotatable bonds is 6. The Kier molecular flexibility index (Phi) is 5.55. The summed E-state index contributed by atoms with van der Waals surface area (Å²) in [6.45, 7) is 3.31. The zero-order valence-electron chi connectivity index (χ0n) is 17.3. The van der Waals surface area contributed by atoms with E-state index in [1.54, 1.807) is 0 Å². The maximum Gasteiger partial charge on any atom is 0.234 e. The Morgan fingerprint density at radius 3 is 2.77 bits per heavy atom. The van der Waals surface area contributed by atoms with E-state index >= 15 is 0 Å². The lowest BCUT2D eigenvalue weighted by molar-refractivity contribution is -0.113. The van der Waals surface area contributed by atoms with E-state index in [9.17, 15) is 4.79 Å². The number of anilines is 1. The summed E-state index contributed by atoms with van der Waals surface area (Å²) in [5.74, 6) is 2.53. The number of nitrogens with zero attached hydrogens (tertiary/aromatic N) is 3. The highest BCUT2D eigenvalue weighted by molar-refractivity contribution is 7.99.